The molecular weight excluding hydrogens is 276 g/mol. The molecule has 0 bridgehead atoms. The highest BCUT2D eigenvalue weighted by Crippen LogP contribution is 2.23. The van der Waals surface area contributed by atoms with Crippen molar-refractivity contribution in [2.75, 3.05) is 6.54 Å². The molecular formula is C15H23ClN2O2. The summed E-state index contributed by atoms with van der Waals surface area (Å²) in [4.78, 5) is 11.7. The van der Waals surface area contributed by atoms with Crippen molar-refractivity contribution in [1.29, 1.82) is 0 Å². The SMILES string of the molecule is Cl.NC[C@H]1CC[C@H](NC(=O)OCc2ccccc2)CC1. The predicted octanol–water partition coefficient (Wildman–Crippen LogP) is 2.85. The average Bonchev–Trinajstić information content (AvgIpc) is 2.47. The van der Waals surface area contributed by atoms with E-state index in [-0.39, 0.29) is 24.5 Å². The number of nitrogens with two attached hydrogens (primary N) is 1. The van der Waals surface area contributed by atoms with Gasteiger partial charge < -0.3 is 15.8 Å². The summed E-state index contributed by atoms with van der Waals surface area (Å²) in [6, 6.07) is 9.94. The van der Waals surface area contributed by atoms with Crippen LogP contribution in [0, 0.1) is 5.92 Å². The molecule has 1 aliphatic carbocycles. The first-order valence-corrected chi connectivity index (χ1v) is 6.95. The second-order valence-electron chi connectivity index (χ2n) is 5.16. The molecule has 0 heterocycles. The van der Waals surface area contributed by atoms with Crippen LogP contribution in [0.1, 0.15) is 31.2 Å². The largest absolute Gasteiger partial charge is 0.445 e. The van der Waals surface area contributed by atoms with Crippen LogP contribution in [-0.4, -0.2) is 18.7 Å². The Kier molecular flexibility index (Phi) is 7.41. The van der Waals surface area contributed by atoms with Gasteiger partial charge in [0.15, 0.2) is 0 Å². The van der Waals surface area contributed by atoms with Gasteiger partial charge >= 0.3 is 6.09 Å². The topological polar surface area (TPSA) is 64.3 Å². The molecule has 2 rings (SSSR count). The van der Waals surface area contributed by atoms with Gasteiger partial charge in [-0.15, -0.1) is 12.4 Å². The van der Waals surface area contributed by atoms with Crippen molar-refractivity contribution < 1.29 is 9.53 Å². The molecule has 1 amide bonds. The normalized spacial score (nSPS) is 21.6. The minimum Gasteiger partial charge on any atom is -0.445 e. The molecule has 1 saturated carbocycles. The Morgan fingerprint density at radius 2 is 1.85 bits per heavy atom. The van der Waals surface area contributed by atoms with Gasteiger partial charge in [0.05, 0.1) is 0 Å². The van der Waals surface area contributed by atoms with E-state index in [9.17, 15) is 4.79 Å². The zero-order valence-corrected chi connectivity index (χ0v) is 12.4. The predicted molar refractivity (Wildman–Crippen MR) is 81.8 cm³/mol. The van der Waals surface area contributed by atoms with Gasteiger partial charge in [0, 0.05) is 6.04 Å². The summed E-state index contributed by atoms with van der Waals surface area (Å²) in [5, 5.41) is 2.93. The number of benzene rings is 1. The highest BCUT2D eigenvalue weighted by Gasteiger charge is 2.21. The number of alkyl carbamates (subject to hydrolysis) is 1. The first kappa shape index (κ1) is 16.8. The van der Waals surface area contributed by atoms with Crippen LogP contribution < -0.4 is 11.1 Å². The third kappa shape index (κ3) is 5.39. The minimum absolute atomic E-state index is 0. The lowest BCUT2D eigenvalue weighted by Crippen LogP contribution is -2.38. The highest BCUT2D eigenvalue weighted by atomic mass is 35.5. The Morgan fingerprint density at radius 3 is 2.45 bits per heavy atom. The average molecular weight is 299 g/mol. The Balaban J connectivity index is 0.00000200. The van der Waals surface area contributed by atoms with Crippen molar-refractivity contribution in [2.45, 2.75) is 38.3 Å². The molecule has 0 aliphatic heterocycles. The highest BCUT2D eigenvalue weighted by molar-refractivity contribution is 5.85. The fourth-order valence-corrected chi connectivity index (χ4v) is 2.47. The number of ether oxygens (including phenoxy) is 1. The van der Waals surface area contributed by atoms with E-state index in [0.717, 1.165) is 37.8 Å². The molecule has 0 radical (unpaired) electrons. The molecule has 1 aliphatic rings. The maximum Gasteiger partial charge on any atom is 0.407 e. The van der Waals surface area contributed by atoms with Crippen LogP contribution in [0.4, 0.5) is 4.79 Å². The molecule has 4 nitrogen and oxygen atoms in total. The lowest BCUT2D eigenvalue weighted by atomic mass is 9.86. The second kappa shape index (κ2) is 8.82. The molecule has 0 unspecified atom stereocenters. The van der Waals surface area contributed by atoms with Crippen molar-refractivity contribution in [3.8, 4) is 0 Å². The summed E-state index contributed by atoms with van der Waals surface area (Å²) < 4.78 is 5.21. The maximum absolute atomic E-state index is 11.7. The zero-order chi connectivity index (χ0) is 13.5. The number of carbonyl (C=O) groups excluding carboxylic acids is 1. The van der Waals surface area contributed by atoms with Crippen molar-refractivity contribution >= 4 is 18.5 Å². The summed E-state index contributed by atoms with van der Waals surface area (Å²) >= 11 is 0. The third-order valence-corrected chi connectivity index (χ3v) is 3.71. The van der Waals surface area contributed by atoms with Crippen LogP contribution in [0.3, 0.4) is 0 Å². The number of nitrogens with one attached hydrogen (secondary N) is 1. The van der Waals surface area contributed by atoms with Crippen molar-refractivity contribution in [2.24, 2.45) is 11.7 Å². The zero-order valence-electron chi connectivity index (χ0n) is 11.6. The Morgan fingerprint density at radius 1 is 1.20 bits per heavy atom. The summed E-state index contributed by atoms with van der Waals surface area (Å²) in [5.74, 6) is 0.624. The molecule has 0 spiro atoms. The van der Waals surface area contributed by atoms with Gasteiger partial charge in [-0.1, -0.05) is 30.3 Å². The monoisotopic (exact) mass is 298 g/mol. The van der Waals surface area contributed by atoms with Gasteiger partial charge in [-0.3, -0.25) is 0 Å². The Labute approximate surface area is 126 Å². The first-order chi connectivity index (χ1) is 9.28. The van der Waals surface area contributed by atoms with E-state index in [1.807, 2.05) is 30.3 Å². The number of rotatable bonds is 4. The molecule has 3 N–H and O–H groups in total. The second-order valence-corrected chi connectivity index (χ2v) is 5.16. The lowest BCUT2D eigenvalue weighted by molar-refractivity contribution is 0.131. The molecule has 1 aromatic carbocycles. The van der Waals surface area contributed by atoms with Crippen LogP contribution in [0.15, 0.2) is 30.3 Å². The first-order valence-electron chi connectivity index (χ1n) is 6.95. The fraction of sp³-hybridized carbons (Fsp3) is 0.533. The molecule has 0 aromatic heterocycles. The lowest BCUT2D eigenvalue weighted by Gasteiger charge is -2.27. The molecule has 0 saturated heterocycles. The molecule has 1 aromatic rings. The van der Waals surface area contributed by atoms with E-state index < -0.39 is 0 Å². The summed E-state index contributed by atoms with van der Waals surface area (Å²) in [6.45, 7) is 1.08. The molecule has 0 atom stereocenters. The number of carbonyl (C=O) groups is 1. The Bertz CT molecular complexity index is 392. The fourth-order valence-electron chi connectivity index (χ4n) is 2.47. The van der Waals surface area contributed by atoms with Gasteiger partial charge in [0.25, 0.3) is 0 Å². The quantitative estimate of drug-likeness (QED) is 0.898. The van der Waals surface area contributed by atoms with Crippen LogP contribution >= 0.6 is 12.4 Å². The maximum atomic E-state index is 11.7. The van der Waals surface area contributed by atoms with Crippen molar-refractivity contribution in [3.05, 3.63) is 35.9 Å². The smallest absolute Gasteiger partial charge is 0.407 e. The van der Waals surface area contributed by atoms with Crippen LogP contribution in [0.5, 0.6) is 0 Å². The van der Waals surface area contributed by atoms with Crippen LogP contribution in [0.2, 0.25) is 0 Å². The minimum atomic E-state index is -0.319. The summed E-state index contributed by atoms with van der Waals surface area (Å²) in [7, 11) is 0. The van der Waals surface area contributed by atoms with E-state index in [4.69, 9.17) is 10.5 Å². The molecule has 5 heteroatoms. The van der Waals surface area contributed by atoms with Crippen molar-refractivity contribution in [1.82, 2.24) is 5.32 Å². The van der Waals surface area contributed by atoms with Gasteiger partial charge in [-0.2, -0.15) is 0 Å². The molecule has 20 heavy (non-hydrogen) atoms. The van der Waals surface area contributed by atoms with Crippen molar-refractivity contribution in [3.63, 3.8) is 0 Å². The standard InChI is InChI=1S/C15H22N2O2.ClH/c16-10-12-6-8-14(9-7-12)17-15(18)19-11-13-4-2-1-3-5-13;/h1-5,12,14H,6-11,16H2,(H,17,18);1H/t12-,14-;. The number of hydrogen-bond donors (Lipinski definition) is 2. The van der Waals surface area contributed by atoms with Crippen LogP contribution in [-0.2, 0) is 11.3 Å². The number of amides is 1. The van der Waals surface area contributed by atoms with E-state index >= 15 is 0 Å². The van der Waals surface area contributed by atoms with Crippen LogP contribution in [0.25, 0.3) is 0 Å². The van der Waals surface area contributed by atoms with E-state index in [2.05, 4.69) is 5.32 Å². The van der Waals surface area contributed by atoms with Gasteiger partial charge in [0.1, 0.15) is 6.61 Å². The van der Waals surface area contributed by atoms with E-state index in [1.165, 1.54) is 0 Å². The Hall–Kier alpha value is -1.26. The van der Waals surface area contributed by atoms with E-state index in [0.29, 0.717) is 12.5 Å². The van der Waals surface area contributed by atoms with Gasteiger partial charge in [0.2, 0.25) is 0 Å². The van der Waals surface area contributed by atoms with E-state index in [1.54, 1.807) is 0 Å². The molecule has 112 valence electrons. The molecule has 1 fully saturated rings. The van der Waals surface area contributed by atoms with Gasteiger partial charge in [-0.05, 0) is 43.7 Å². The summed E-state index contributed by atoms with van der Waals surface area (Å²) in [6.07, 6.45) is 3.88. The number of hydrogen-bond acceptors (Lipinski definition) is 3. The van der Waals surface area contributed by atoms with Gasteiger partial charge in [-0.25, -0.2) is 4.79 Å². The summed E-state index contributed by atoms with van der Waals surface area (Å²) in [5.41, 5.74) is 6.65. The third-order valence-electron chi connectivity index (χ3n) is 3.71. The number of halogens is 1.